The maximum Gasteiger partial charge on any atom is 0.229 e. The molecular weight excluding hydrogens is 280 g/mol. The number of hydrogen-bond acceptors (Lipinski definition) is 3. The Labute approximate surface area is 118 Å². The highest BCUT2D eigenvalue weighted by Gasteiger charge is 2.20. The van der Waals surface area contributed by atoms with Crippen LogP contribution in [0.4, 0.5) is 10.2 Å². The van der Waals surface area contributed by atoms with Crippen molar-refractivity contribution in [3.8, 4) is 0 Å². The van der Waals surface area contributed by atoms with Gasteiger partial charge >= 0.3 is 0 Å². The molecule has 2 rings (SSSR count). The van der Waals surface area contributed by atoms with Gasteiger partial charge in [0.1, 0.15) is 11.6 Å². The molecule has 0 spiro atoms. The minimum atomic E-state index is -0.405. The van der Waals surface area contributed by atoms with E-state index in [0.29, 0.717) is 12.4 Å². The van der Waals surface area contributed by atoms with E-state index in [9.17, 15) is 9.18 Å². The van der Waals surface area contributed by atoms with Gasteiger partial charge in [-0.1, -0.05) is 0 Å². The molecule has 1 amide bonds. The molecule has 0 unspecified atom stereocenters. The third-order valence-electron chi connectivity index (χ3n) is 2.65. The Kier molecular flexibility index (Phi) is 7.82. The lowest BCUT2D eigenvalue weighted by molar-refractivity contribution is -0.120. The van der Waals surface area contributed by atoms with E-state index in [1.165, 1.54) is 12.1 Å². The van der Waals surface area contributed by atoms with Crippen molar-refractivity contribution in [1.82, 2.24) is 10.3 Å². The lowest BCUT2D eigenvalue weighted by Gasteiger charge is -2.21. The molecule has 0 saturated carbocycles. The van der Waals surface area contributed by atoms with Gasteiger partial charge in [-0.05, 0) is 31.5 Å². The van der Waals surface area contributed by atoms with Crippen LogP contribution >= 0.6 is 24.8 Å². The fraction of sp³-hybridized carbons (Fsp3) is 0.455. The van der Waals surface area contributed by atoms with E-state index in [4.69, 9.17) is 0 Å². The molecular formula is C11H16Cl2FN3O. The summed E-state index contributed by atoms with van der Waals surface area (Å²) in [6, 6.07) is 2.74. The van der Waals surface area contributed by atoms with Crippen molar-refractivity contribution in [3.05, 3.63) is 24.1 Å². The number of carbonyl (C=O) groups excluding carboxylic acids is 1. The molecule has 2 heterocycles. The second kappa shape index (κ2) is 8.24. The number of nitrogens with one attached hydrogen (secondary N) is 2. The van der Waals surface area contributed by atoms with E-state index in [0.717, 1.165) is 25.6 Å². The van der Waals surface area contributed by atoms with Crippen LogP contribution in [0.2, 0.25) is 0 Å². The van der Waals surface area contributed by atoms with Gasteiger partial charge in [0, 0.05) is 6.54 Å². The number of rotatable bonds is 2. The van der Waals surface area contributed by atoms with E-state index in [1.54, 1.807) is 0 Å². The van der Waals surface area contributed by atoms with Crippen molar-refractivity contribution >= 4 is 36.5 Å². The maximum atomic E-state index is 12.6. The molecule has 1 aliphatic heterocycles. The standard InChI is InChI=1S/C11H14FN3O.2ClH/c12-9-3-4-10(14-7-9)15-11(16)8-2-1-5-13-6-8;;/h3-4,7-8,13H,1-2,5-6H2,(H,14,15,16);2*1H/t8-;;/m1../s1. The number of halogens is 3. The summed E-state index contributed by atoms with van der Waals surface area (Å²) in [4.78, 5) is 15.6. The minimum Gasteiger partial charge on any atom is -0.316 e. The fourth-order valence-corrected chi connectivity index (χ4v) is 1.75. The first-order valence-electron chi connectivity index (χ1n) is 5.39. The molecule has 102 valence electrons. The quantitative estimate of drug-likeness (QED) is 0.877. The summed E-state index contributed by atoms with van der Waals surface area (Å²) in [5.41, 5.74) is 0. The van der Waals surface area contributed by atoms with E-state index in [2.05, 4.69) is 15.6 Å². The molecule has 7 heteroatoms. The Balaban J connectivity index is 0.00000144. The summed E-state index contributed by atoms with van der Waals surface area (Å²) in [5, 5.41) is 5.85. The Morgan fingerprint density at radius 2 is 2.22 bits per heavy atom. The van der Waals surface area contributed by atoms with E-state index >= 15 is 0 Å². The summed E-state index contributed by atoms with van der Waals surface area (Å²) < 4.78 is 12.6. The number of aromatic nitrogens is 1. The minimum absolute atomic E-state index is 0. The molecule has 1 aromatic rings. The van der Waals surface area contributed by atoms with Crippen LogP contribution in [0.15, 0.2) is 18.3 Å². The van der Waals surface area contributed by atoms with Crippen LogP contribution in [0.1, 0.15) is 12.8 Å². The Morgan fingerprint density at radius 3 is 2.78 bits per heavy atom. The molecule has 0 aromatic carbocycles. The summed E-state index contributed by atoms with van der Waals surface area (Å²) >= 11 is 0. The van der Waals surface area contributed by atoms with Crippen LogP contribution in [0.5, 0.6) is 0 Å². The molecule has 2 N–H and O–H groups in total. The van der Waals surface area contributed by atoms with Crippen LogP contribution in [0, 0.1) is 11.7 Å². The predicted molar refractivity (Wildman–Crippen MR) is 72.9 cm³/mol. The third kappa shape index (κ3) is 4.76. The first kappa shape index (κ1) is 17.1. The number of pyridine rings is 1. The van der Waals surface area contributed by atoms with Crippen molar-refractivity contribution in [2.24, 2.45) is 5.92 Å². The summed E-state index contributed by atoms with van der Waals surface area (Å²) in [6.07, 6.45) is 2.99. The second-order valence-electron chi connectivity index (χ2n) is 3.89. The SMILES string of the molecule is Cl.Cl.O=C(Nc1ccc(F)cn1)[C@@H]1CCCNC1. The molecule has 0 aliphatic carbocycles. The zero-order chi connectivity index (χ0) is 11.4. The van der Waals surface area contributed by atoms with Crippen LogP contribution in [-0.2, 0) is 4.79 Å². The normalized spacial score (nSPS) is 18.2. The molecule has 0 bridgehead atoms. The molecule has 1 fully saturated rings. The summed E-state index contributed by atoms with van der Waals surface area (Å²) in [5.74, 6) is -0.0683. The highest BCUT2D eigenvalue weighted by molar-refractivity contribution is 5.91. The molecule has 1 atom stereocenters. The molecule has 1 aliphatic rings. The number of amides is 1. The molecule has 1 aromatic heterocycles. The van der Waals surface area contributed by atoms with Crippen molar-refractivity contribution in [1.29, 1.82) is 0 Å². The fourth-order valence-electron chi connectivity index (χ4n) is 1.75. The van der Waals surface area contributed by atoms with Crippen molar-refractivity contribution < 1.29 is 9.18 Å². The third-order valence-corrected chi connectivity index (χ3v) is 2.65. The van der Waals surface area contributed by atoms with Gasteiger partial charge in [0.25, 0.3) is 0 Å². The Bertz CT molecular complexity index is 369. The van der Waals surface area contributed by atoms with Crippen molar-refractivity contribution in [2.45, 2.75) is 12.8 Å². The van der Waals surface area contributed by atoms with Crippen LogP contribution in [-0.4, -0.2) is 24.0 Å². The Hall–Kier alpha value is -0.910. The molecule has 4 nitrogen and oxygen atoms in total. The number of nitrogens with zero attached hydrogens (tertiary/aromatic N) is 1. The smallest absolute Gasteiger partial charge is 0.229 e. The van der Waals surface area contributed by atoms with Gasteiger partial charge < -0.3 is 10.6 Å². The number of carbonyl (C=O) groups is 1. The van der Waals surface area contributed by atoms with Gasteiger partial charge in [-0.2, -0.15) is 0 Å². The van der Waals surface area contributed by atoms with Gasteiger partial charge in [0.05, 0.1) is 12.1 Å². The number of piperidine rings is 1. The van der Waals surface area contributed by atoms with E-state index in [1.807, 2.05) is 0 Å². The van der Waals surface area contributed by atoms with E-state index in [-0.39, 0.29) is 36.6 Å². The molecule has 18 heavy (non-hydrogen) atoms. The van der Waals surface area contributed by atoms with Crippen LogP contribution in [0.25, 0.3) is 0 Å². The van der Waals surface area contributed by atoms with Gasteiger partial charge in [-0.25, -0.2) is 9.37 Å². The zero-order valence-corrected chi connectivity index (χ0v) is 11.3. The van der Waals surface area contributed by atoms with Gasteiger partial charge in [-0.3, -0.25) is 4.79 Å². The number of hydrogen-bond donors (Lipinski definition) is 2. The summed E-state index contributed by atoms with van der Waals surface area (Å²) in [6.45, 7) is 1.67. The van der Waals surface area contributed by atoms with Crippen molar-refractivity contribution in [3.63, 3.8) is 0 Å². The van der Waals surface area contributed by atoms with Crippen LogP contribution < -0.4 is 10.6 Å². The average Bonchev–Trinajstić information content (AvgIpc) is 2.33. The maximum absolute atomic E-state index is 12.6. The first-order valence-corrected chi connectivity index (χ1v) is 5.39. The highest BCUT2D eigenvalue weighted by atomic mass is 35.5. The lowest BCUT2D eigenvalue weighted by Crippen LogP contribution is -2.37. The molecule has 0 radical (unpaired) electrons. The predicted octanol–water partition coefficient (Wildman–Crippen LogP) is 2.00. The van der Waals surface area contributed by atoms with Gasteiger partial charge in [-0.15, -0.1) is 24.8 Å². The first-order chi connectivity index (χ1) is 7.75. The van der Waals surface area contributed by atoms with E-state index < -0.39 is 5.82 Å². The Morgan fingerprint density at radius 1 is 1.44 bits per heavy atom. The average molecular weight is 296 g/mol. The van der Waals surface area contributed by atoms with Gasteiger partial charge in [0.15, 0.2) is 0 Å². The summed E-state index contributed by atoms with van der Waals surface area (Å²) in [7, 11) is 0. The number of anilines is 1. The molecule has 1 saturated heterocycles. The highest BCUT2D eigenvalue weighted by Crippen LogP contribution is 2.12. The van der Waals surface area contributed by atoms with Crippen molar-refractivity contribution in [2.75, 3.05) is 18.4 Å². The topological polar surface area (TPSA) is 54.0 Å². The monoisotopic (exact) mass is 295 g/mol. The zero-order valence-electron chi connectivity index (χ0n) is 9.69. The van der Waals surface area contributed by atoms with Crippen LogP contribution in [0.3, 0.4) is 0 Å². The largest absolute Gasteiger partial charge is 0.316 e. The lowest BCUT2D eigenvalue weighted by atomic mass is 9.99. The second-order valence-corrected chi connectivity index (χ2v) is 3.89. The van der Waals surface area contributed by atoms with Gasteiger partial charge in [0.2, 0.25) is 5.91 Å².